The standard InChI is InChI=1S/C21H22N4O3S/c1-14-7-5-8-15(13-14)29(26,27)19-18-21(25(20(19)22)11-6-12-28-2)24-17-10-4-3-9-16(17)23-18/h3-5,7-10,13H,6,11-12,22H2,1-2H3. The molecule has 0 aliphatic carbocycles. The Balaban J connectivity index is 2.02. The minimum absolute atomic E-state index is 0.00812. The number of benzene rings is 2. The summed E-state index contributed by atoms with van der Waals surface area (Å²) in [7, 11) is -2.25. The highest BCUT2D eigenvalue weighted by molar-refractivity contribution is 7.92. The van der Waals surface area contributed by atoms with E-state index in [1.54, 1.807) is 29.9 Å². The third-order valence-electron chi connectivity index (χ3n) is 4.85. The second-order valence-electron chi connectivity index (χ2n) is 6.92. The van der Waals surface area contributed by atoms with Crippen LogP contribution in [0, 0.1) is 6.92 Å². The van der Waals surface area contributed by atoms with Gasteiger partial charge >= 0.3 is 0 Å². The minimum atomic E-state index is -3.88. The predicted molar refractivity (Wildman–Crippen MR) is 113 cm³/mol. The van der Waals surface area contributed by atoms with Gasteiger partial charge in [-0.1, -0.05) is 24.3 Å². The zero-order valence-electron chi connectivity index (χ0n) is 16.3. The van der Waals surface area contributed by atoms with Crippen molar-refractivity contribution in [2.24, 2.45) is 0 Å². The molecule has 0 aliphatic rings. The van der Waals surface area contributed by atoms with E-state index in [1.165, 1.54) is 0 Å². The van der Waals surface area contributed by atoms with E-state index in [0.29, 0.717) is 41.8 Å². The number of nitrogens with two attached hydrogens (primary N) is 1. The first-order valence-electron chi connectivity index (χ1n) is 9.28. The van der Waals surface area contributed by atoms with Crippen molar-refractivity contribution in [3.8, 4) is 0 Å². The number of nitrogens with zero attached hydrogens (tertiary/aromatic N) is 3. The van der Waals surface area contributed by atoms with E-state index in [1.807, 2.05) is 37.3 Å². The lowest BCUT2D eigenvalue weighted by molar-refractivity contribution is 0.191. The summed E-state index contributed by atoms with van der Waals surface area (Å²) in [6.07, 6.45) is 0.670. The molecule has 0 unspecified atom stereocenters. The van der Waals surface area contributed by atoms with Gasteiger partial charge in [0.25, 0.3) is 0 Å². The van der Waals surface area contributed by atoms with E-state index in [-0.39, 0.29) is 15.6 Å². The molecular formula is C21H22N4O3S. The van der Waals surface area contributed by atoms with Crippen molar-refractivity contribution < 1.29 is 13.2 Å². The van der Waals surface area contributed by atoms with Crippen LogP contribution in [-0.4, -0.2) is 36.7 Å². The van der Waals surface area contributed by atoms with Gasteiger partial charge in [0.15, 0.2) is 5.65 Å². The highest BCUT2D eigenvalue weighted by Gasteiger charge is 2.30. The molecule has 0 spiro atoms. The monoisotopic (exact) mass is 410 g/mol. The highest BCUT2D eigenvalue weighted by Crippen LogP contribution is 2.35. The predicted octanol–water partition coefficient (Wildman–Crippen LogP) is 3.34. The average Bonchev–Trinajstić information content (AvgIpc) is 2.97. The molecule has 0 aliphatic heterocycles. The summed E-state index contributed by atoms with van der Waals surface area (Å²) >= 11 is 0. The largest absolute Gasteiger partial charge is 0.385 e. The average molecular weight is 410 g/mol. The number of nitrogen functional groups attached to an aromatic ring is 1. The lowest BCUT2D eigenvalue weighted by Gasteiger charge is -2.08. The van der Waals surface area contributed by atoms with Crippen molar-refractivity contribution in [2.75, 3.05) is 19.5 Å². The Bertz CT molecular complexity index is 1310. The van der Waals surface area contributed by atoms with Crippen LogP contribution in [0.2, 0.25) is 0 Å². The summed E-state index contributed by atoms with van der Waals surface area (Å²) in [6.45, 7) is 2.86. The Morgan fingerprint density at radius 1 is 1.07 bits per heavy atom. The number of aryl methyl sites for hydroxylation is 2. The van der Waals surface area contributed by atoms with Crippen LogP contribution in [0.25, 0.3) is 22.2 Å². The van der Waals surface area contributed by atoms with Crippen LogP contribution in [0.15, 0.2) is 58.3 Å². The summed E-state index contributed by atoms with van der Waals surface area (Å²) in [4.78, 5) is 9.50. The molecule has 2 heterocycles. The summed E-state index contributed by atoms with van der Waals surface area (Å²) in [5.41, 5.74) is 9.30. The number of anilines is 1. The van der Waals surface area contributed by atoms with E-state index in [2.05, 4.69) is 9.97 Å². The molecule has 0 saturated heterocycles. The van der Waals surface area contributed by atoms with Gasteiger partial charge in [0.1, 0.15) is 16.2 Å². The third-order valence-corrected chi connectivity index (χ3v) is 6.66. The van der Waals surface area contributed by atoms with Crippen LogP contribution in [-0.2, 0) is 21.1 Å². The highest BCUT2D eigenvalue weighted by atomic mass is 32.2. The Labute approximate surface area is 169 Å². The summed E-state index contributed by atoms with van der Waals surface area (Å²) in [5.74, 6) is 0.146. The lowest BCUT2D eigenvalue weighted by atomic mass is 10.2. The number of hydrogen-bond acceptors (Lipinski definition) is 6. The maximum absolute atomic E-state index is 13.5. The first-order valence-corrected chi connectivity index (χ1v) is 10.8. The first-order chi connectivity index (χ1) is 13.9. The van der Waals surface area contributed by atoms with E-state index < -0.39 is 9.84 Å². The zero-order valence-corrected chi connectivity index (χ0v) is 17.1. The fourth-order valence-electron chi connectivity index (χ4n) is 3.45. The SMILES string of the molecule is COCCCn1c(N)c(S(=O)(=O)c2cccc(C)c2)c2nc3ccccc3nc21. The number of ether oxygens (including phenoxy) is 1. The molecule has 2 aromatic carbocycles. The molecular weight excluding hydrogens is 388 g/mol. The van der Waals surface area contributed by atoms with Gasteiger partial charge in [-0.3, -0.25) is 0 Å². The molecule has 0 radical (unpaired) electrons. The van der Waals surface area contributed by atoms with Crippen molar-refractivity contribution in [2.45, 2.75) is 29.7 Å². The summed E-state index contributed by atoms with van der Waals surface area (Å²) < 4.78 is 33.9. The molecule has 29 heavy (non-hydrogen) atoms. The Hall–Kier alpha value is -2.97. The molecule has 4 aromatic rings. The van der Waals surface area contributed by atoms with Gasteiger partial charge in [-0.25, -0.2) is 18.4 Å². The van der Waals surface area contributed by atoms with E-state index in [9.17, 15) is 8.42 Å². The number of hydrogen-bond donors (Lipinski definition) is 1. The van der Waals surface area contributed by atoms with Gasteiger partial charge in [0, 0.05) is 20.3 Å². The van der Waals surface area contributed by atoms with Crippen LogP contribution in [0.1, 0.15) is 12.0 Å². The normalized spacial score (nSPS) is 12.1. The van der Waals surface area contributed by atoms with E-state index >= 15 is 0 Å². The molecule has 0 atom stereocenters. The number of sulfone groups is 1. The van der Waals surface area contributed by atoms with Gasteiger partial charge in [-0.15, -0.1) is 0 Å². The summed E-state index contributed by atoms with van der Waals surface area (Å²) in [6, 6.07) is 14.1. The lowest BCUT2D eigenvalue weighted by Crippen LogP contribution is -2.09. The van der Waals surface area contributed by atoms with Gasteiger partial charge in [0.2, 0.25) is 9.84 Å². The smallest absolute Gasteiger partial charge is 0.212 e. The van der Waals surface area contributed by atoms with Gasteiger partial charge in [0.05, 0.1) is 15.9 Å². The number of aromatic nitrogens is 3. The second-order valence-corrected chi connectivity index (χ2v) is 8.80. The minimum Gasteiger partial charge on any atom is -0.385 e. The molecule has 2 N–H and O–H groups in total. The fourth-order valence-corrected chi connectivity index (χ4v) is 5.06. The molecule has 8 heteroatoms. The number of para-hydroxylation sites is 2. The van der Waals surface area contributed by atoms with Crippen LogP contribution in [0.3, 0.4) is 0 Å². The topological polar surface area (TPSA) is 100 Å². The number of fused-ring (bicyclic) bond motifs is 2. The van der Waals surface area contributed by atoms with Crippen molar-refractivity contribution in [3.05, 3.63) is 54.1 Å². The Morgan fingerprint density at radius 3 is 2.48 bits per heavy atom. The first kappa shape index (κ1) is 19.4. The van der Waals surface area contributed by atoms with E-state index in [0.717, 1.165) is 5.56 Å². The number of methoxy groups -OCH3 is 1. The molecule has 0 amide bonds. The fraction of sp³-hybridized carbons (Fsp3) is 0.238. The van der Waals surface area contributed by atoms with Crippen LogP contribution in [0.4, 0.5) is 5.82 Å². The molecule has 0 saturated carbocycles. The maximum Gasteiger partial charge on any atom is 0.212 e. The third kappa shape index (κ3) is 3.34. The van der Waals surface area contributed by atoms with Crippen molar-refractivity contribution >= 4 is 37.9 Å². The molecule has 2 aromatic heterocycles. The van der Waals surface area contributed by atoms with Crippen LogP contribution < -0.4 is 5.73 Å². The van der Waals surface area contributed by atoms with Crippen molar-refractivity contribution in [1.29, 1.82) is 0 Å². The summed E-state index contributed by atoms with van der Waals surface area (Å²) in [5, 5.41) is 0. The quantitative estimate of drug-likeness (QED) is 0.489. The Morgan fingerprint density at radius 2 is 1.79 bits per heavy atom. The van der Waals surface area contributed by atoms with Gasteiger partial charge < -0.3 is 15.0 Å². The zero-order chi connectivity index (χ0) is 20.6. The molecule has 4 rings (SSSR count). The number of rotatable bonds is 6. The van der Waals surface area contributed by atoms with Crippen LogP contribution in [0.5, 0.6) is 0 Å². The Kier molecular flexibility index (Phi) is 4.97. The maximum atomic E-state index is 13.5. The molecule has 7 nitrogen and oxygen atoms in total. The van der Waals surface area contributed by atoms with Gasteiger partial charge in [-0.2, -0.15) is 0 Å². The molecule has 0 fully saturated rings. The van der Waals surface area contributed by atoms with Crippen molar-refractivity contribution in [3.63, 3.8) is 0 Å². The van der Waals surface area contributed by atoms with Crippen molar-refractivity contribution in [1.82, 2.24) is 14.5 Å². The van der Waals surface area contributed by atoms with Crippen LogP contribution >= 0.6 is 0 Å². The molecule has 150 valence electrons. The van der Waals surface area contributed by atoms with Gasteiger partial charge in [-0.05, 0) is 43.2 Å². The molecule has 0 bridgehead atoms. The second kappa shape index (κ2) is 7.46. The van der Waals surface area contributed by atoms with E-state index in [4.69, 9.17) is 10.5 Å².